The second kappa shape index (κ2) is 5.31. The Hall–Kier alpha value is -1.03. The predicted octanol–water partition coefficient (Wildman–Crippen LogP) is 3.65. The van der Waals surface area contributed by atoms with Gasteiger partial charge < -0.3 is 5.32 Å². The molecule has 1 aromatic rings. The molecule has 0 aliphatic heterocycles. The molecule has 0 saturated heterocycles. The van der Waals surface area contributed by atoms with Gasteiger partial charge in [0.15, 0.2) is 0 Å². The van der Waals surface area contributed by atoms with Gasteiger partial charge in [-0.1, -0.05) is 24.3 Å². The first-order valence-corrected chi connectivity index (χ1v) is 6.33. The summed E-state index contributed by atoms with van der Waals surface area (Å²) >= 11 is 0. The van der Waals surface area contributed by atoms with Gasteiger partial charge in [0.1, 0.15) is 0 Å². The van der Waals surface area contributed by atoms with Crippen LogP contribution >= 0.6 is 0 Å². The quantitative estimate of drug-likeness (QED) is 0.868. The zero-order chi connectivity index (χ0) is 13.2. The highest BCUT2D eigenvalue weighted by atomic mass is 19.4. The van der Waals surface area contributed by atoms with Crippen LogP contribution in [0.4, 0.5) is 13.2 Å². The number of rotatable bonds is 4. The second-order valence-electron chi connectivity index (χ2n) is 4.89. The molecule has 0 radical (unpaired) electrons. The third-order valence-electron chi connectivity index (χ3n) is 3.77. The first-order chi connectivity index (χ1) is 8.51. The Morgan fingerprint density at radius 1 is 1.33 bits per heavy atom. The van der Waals surface area contributed by atoms with Gasteiger partial charge in [-0.15, -0.1) is 0 Å². The fraction of sp³-hybridized carbons (Fsp3) is 0.571. The number of likely N-dealkylation sites (N-methyl/N-ethyl adjacent to an activating group) is 1. The fourth-order valence-electron chi connectivity index (χ4n) is 2.87. The maximum absolute atomic E-state index is 12.3. The summed E-state index contributed by atoms with van der Waals surface area (Å²) in [5.74, 6) is 0.216. The first-order valence-electron chi connectivity index (χ1n) is 6.33. The van der Waals surface area contributed by atoms with Crippen LogP contribution in [0.3, 0.4) is 0 Å². The van der Waals surface area contributed by atoms with Gasteiger partial charge in [-0.3, -0.25) is 0 Å². The van der Waals surface area contributed by atoms with Crippen LogP contribution in [-0.2, 0) is 6.42 Å². The van der Waals surface area contributed by atoms with Crippen molar-refractivity contribution in [3.05, 3.63) is 35.4 Å². The largest absolute Gasteiger partial charge is 0.389 e. The maximum atomic E-state index is 12.3. The molecule has 0 saturated carbocycles. The SMILES string of the molecule is CNC(CCC(F)(F)F)C1CCc2ccccc21. The number of hydrogen-bond acceptors (Lipinski definition) is 1. The van der Waals surface area contributed by atoms with E-state index in [1.165, 1.54) is 11.1 Å². The Bertz CT molecular complexity index is 400. The predicted molar refractivity (Wildman–Crippen MR) is 65.6 cm³/mol. The maximum Gasteiger partial charge on any atom is 0.389 e. The van der Waals surface area contributed by atoms with Crippen molar-refractivity contribution >= 4 is 0 Å². The average molecular weight is 257 g/mol. The van der Waals surface area contributed by atoms with Crippen molar-refractivity contribution in [1.29, 1.82) is 0 Å². The lowest BCUT2D eigenvalue weighted by atomic mass is 9.90. The van der Waals surface area contributed by atoms with Crippen LogP contribution in [-0.4, -0.2) is 19.3 Å². The lowest BCUT2D eigenvalue weighted by molar-refractivity contribution is -0.136. The van der Waals surface area contributed by atoms with Crippen LogP contribution in [0.25, 0.3) is 0 Å². The molecule has 1 nitrogen and oxygen atoms in total. The van der Waals surface area contributed by atoms with Crippen LogP contribution in [0.1, 0.15) is 36.3 Å². The summed E-state index contributed by atoms with van der Waals surface area (Å²) in [6.45, 7) is 0. The number of alkyl halides is 3. The molecule has 0 fully saturated rings. The molecular formula is C14H18F3N. The van der Waals surface area contributed by atoms with Crippen molar-refractivity contribution in [2.45, 2.75) is 43.8 Å². The molecule has 2 unspecified atom stereocenters. The molecule has 2 atom stereocenters. The van der Waals surface area contributed by atoms with Crippen LogP contribution < -0.4 is 5.32 Å². The topological polar surface area (TPSA) is 12.0 Å². The summed E-state index contributed by atoms with van der Waals surface area (Å²) < 4.78 is 36.9. The fourth-order valence-corrected chi connectivity index (χ4v) is 2.87. The van der Waals surface area contributed by atoms with E-state index in [0.29, 0.717) is 0 Å². The molecule has 1 aliphatic carbocycles. The van der Waals surface area contributed by atoms with E-state index in [4.69, 9.17) is 0 Å². The third-order valence-corrected chi connectivity index (χ3v) is 3.77. The van der Waals surface area contributed by atoms with Crippen molar-refractivity contribution < 1.29 is 13.2 Å². The molecule has 1 aromatic carbocycles. The van der Waals surface area contributed by atoms with E-state index in [0.717, 1.165) is 12.8 Å². The van der Waals surface area contributed by atoms with Crippen molar-refractivity contribution in [3.8, 4) is 0 Å². The van der Waals surface area contributed by atoms with Crippen LogP contribution in [0.2, 0.25) is 0 Å². The zero-order valence-electron chi connectivity index (χ0n) is 10.4. The van der Waals surface area contributed by atoms with E-state index in [-0.39, 0.29) is 18.4 Å². The average Bonchev–Trinajstić information content (AvgIpc) is 2.73. The van der Waals surface area contributed by atoms with Gasteiger partial charge in [0.2, 0.25) is 0 Å². The number of aryl methyl sites for hydroxylation is 1. The van der Waals surface area contributed by atoms with Crippen LogP contribution in [0.5, 0.6) is 0 Å². The summed E-state index contributed by atoms with van der Waals surface area (Å²) in [7, 11) is 1.75. The summed E-state index contributed by atoms with van der Waals surface area (Å²) in [5, 5.41) is 3.06. The summed E-state index contributed by atoms with van der Waals surface area (Å²) in [4.78, 5) is 0. The van der Waals surface area contributed by atoms with E-state index in [1.54, 1.807) is 7.05 Å². The molecule has 1 aliphatic rings. The summed E-state index contributed by atoms with van der Waals surface area (Å²) in [5.41, 5.74) is 2.51. The Morgan fingerprint density at radius 3 is 2.72 bits per heavy atom. The molecule has 0 amide bonds. The lowest BCUT2D eigenvalue weighted by Crippen LogP contribution is -2.32. The standard InChI is InChI=1S/C14H18F3N/c1-18-13(8-9-14(15,16)17)12-7-6-10-4-2-3-5-11(10)12/h2-5,12-13,18H,6-9H2,1H3. The second-order valence-corrected chi connectivity index (χ2v) is 4.89. The Balaban J connectivity index is 2.06. The van der Waals surface area contributed by atoms with E-state index >= 15 is 0 Å². The molecule has 0 aromatic heterocycles. The Morgan fingerprint density at radius 2 is 2.06 bits per heavy atom. The van der Waals surface area contributed by atoms with Crippen molar-refractivity contribution in [2.75, 3.05) is 7.05 Å². The highest BCUT2D eigenvalue weighted by Crippen LogP contribution is 2.37. The Labute approximate surface area is 105 Å². The monoisotopic (exact) mass is 257 g/mol. The van der Waals surface area contributed by atoms with E-state index in [9.17, 15) is 13.2 Å². The van der Waals surface area contributed by atoms with Crippen molar-refractivity contribution in [1.82, 2.24) is 5.32 Å². The number of nitrogens with one attached hydrogen (secondary N) is 1. The molecule has 0 spiro atoms. The number of halogens is 3. The van der Waals surface area contributed by atoms with Gasteiger partial charge in [-0.25, -0.2) is 0 Å². The molecule has 2 rings (SSSR count). The van der Waals surface area contributed by atoms with Crippen molar-refractivity contribution in [3.63, 3.8) is 0 Å². The van der Waals surface area contributed by atoms with Crippen molar-refractivity contribution in [2.24, 2.45) is 0 Å². The van der Waals surface area contributed by atoms with Gasteiger partial charge >= 0.3 is 6.18 Å². The molecule has 100 valence electrons. The molecule has 1 N–H and O–H groups in total. The van der Waals surface area contributed by atoms with E-state index < -0.39 is 12.6 Å². The smallest absolute Gasteiger partial charge is 0.316 e. The molecular weight excluding hydrogens is 239 g/mol. The third kappa shape index (κ3) is 3.05. The zero-order valence-corrected chi connectivity index (χ0v) is 10.4. The van der Waals surface area contributed by atoms with Gasteiger partial charge in [0.05, 0.1) is 0 Å². The minimum Gasteiger partial charge on any atom is -0.316 e. The molecule has 0 bridgehead atoms. The normalized spacial score (nSPS) is 20.8. The minimum absolute atomic E-state index is 0.0877. The minimum atomic E-state index is -4.06. The van der Waals surface area contributed by atoms with Gasteiger partial charge in [-0.2, -0.15) is 13.2 Å². The van der Waals surface area contributed by atoms with Gasteiger partial charge in [0, 0.05) is 12.5 Å². The number of benzene rings is 1. The van der Waals surface area contributed by atoms with Gasteiger partial charge in [-0.05, 0) is 43.4 Å². The molecule has 0 heterocycles. The summed E-state index contributed by atoms with van der Waals surface area (Å²) in [6, 6.07) is 7.99. The first kappa shape index (κ1) is 13.4. The lowest BCUT2D eigenvalue weighted by Gasteiger charge is -2.24. The molecule has 18 heavy (non-hydrogen) atoms. The summed E-state index contributed by atoms with van der Waals surface area (Å²) in [6.07, 6.45) is -2.70. The highest BCUT2D eigenvalue weighted by molar-refractivity contribution is 5.36. The molecule has 4 heteroatoms. The van der Waals surface area contributed by atoms with Crippen LogP contribution in [0, 0.1) is 0 Å². The van der Waals surface area contributed by atoms with Crippen LogP contribution in [0.15, 0.2) is 24.3 Å². The van der Waals surface area contributed by atoms with E-state index in [1.807, 2.05) is 18.2 Å². The Kier molecular flexibility index (Phi) is 3.95. The highest BCUT2D eigenvalue weighted by Gasteiger charge is 2.33. The number of hydrogen-bond donors (Lipinski definition) is 1. The number of fused-ring (bicyclic) bond motifs is 1. The van der Waals surface area contributed by atoms with E-state index in [2.05, 4.69) is 11.4 Å². The van der Waals surface area contributed by atoms with Gasteiger partial charge in [0.25, 0.3) is 0 Å².